The van der Waals surface area contributed by atoms with Crippen molar-refractivity contribution in [2.45, 2.75) is 38.0 Å². The Hall–Kier alpha value is -0.870. The lowest BCUT2D eigenvalue weighted by Gasteiger charge is -2.32. The van der Waals surface area contributed by atoms with Crippen LogP contribution in [0, 0.1) is 0 Å². The van der Waals surface area contributed by atoms with Gasteiger partial charge in [-0.1, -0.05) is 36.8 Å². The van der Waals surface area contributed by atoms with Gasteiger partial charge >= 0.3 is 0 Å². The van der Waals surface area contributed by atoms with Gasteiger partial charge in [-0.05, 0) is 25.3 Å². The topological polar surface area (TPSA) is 37.4 Å². The molecule has 0 saturated carbocycles. The molecule has 0 bridgehead atoms. The SMILES string of the molecule is C[C@H]1CCCCN1S(=O)(=O)Cc1ccccc1. The summed E-state index contributed by atoms with van der Waals surface area (Å²) in [4.78, 5) is 0. The summed E-state index contributed by atoms with van der Waals surface area (Å²) in [5, 5.41) is 0. The van der Waals surface area contributed by atoms with E-state index in [1.165, 1.54) is 0 Å². The third-order valence-electron chi connectivity index (χ3n) is 3.29. The highest BCUT2D eigenvalue weighted by Gasteiger charge is 2.29. The molecule has 4 heteroatoms. The maximum atomic E-state index is 12.3. The van der Waals surface area contributed by atoms with Gasteiger partial charge in [-0.25, -0.2) is 8.42 Å². The molecule has 0 amide bonds. The molecule has 17 heavy (non-hydrogen) atoms. The number of hydrogen-bond acceptors (Lipinski definition) is 2. The second-order valence-electron chi connectivity index (χ2n) is 4.70. The fourth-order valence-electron chi connectivity index (χ4n) is 2.35. The summed E-state index contributed by atoms with van der Waals surface area (Å²) in [6.45, 7) is 2.68. The predicted molar refractivity (Wildman–Crippen MR) is 69.1 cm³/mol. The van der Waals surface area contributed by atoms with Crippen molar-refractivity contribution in [3.05, 3.63) is 35.9 Å². The third kappa shape index (κ3) is 3.07. The van der Waals surface area contributed by atoms with Crippen LogP contribution in [0.25, 0.3) is 0 Å². The van der Waals surface area contributed by atoms with Crippen LogP contribution < -0.4 is 0 Å². The molecular weight excluding hydrogens is 234 g/mol. The Kier molecular flexibility index (Phi) is 3.84. The zero-order valence-electron chi connectivity index (χ0n) is 10.2. The first kappa shape index (κ1) is 12.6. The quantitative estimate of drug-likeness (QED) is 0.829. The molecule has 0 N–H and O–H groups in total. The first-order valence-corrected chi connectivity index (χ1v) is 7.74. The molecule has 0 unspecified atom stereocenters. The number of rotatable bonds is 3. The molecule has 1 atom stereocenters. The van der Waals surface area contributed by atoms with Crippen LogP contribution in [0.15, 0.2) is 30.3 Å². The molecule has 1 aliphatic heterocycles. The molecule has 1 saturated heterocycles. The first-order valence-electron chi connectivity index (χ1n) is 6.13. The monoisotopic (exact) mass is 253 g/mol. The number of sulfonamides is 1. The van der Waals surface area contributed by atoms with E-state index in [1.54, 1.807) is 4.31 Å². The van der Waals surface area contributed by atoms with E-state index in [-0.39, 0.29) is 11.8 Å². The van der Waals surface area contributed by atoms with Crippen LogP contribution in [0.1, 0.15) is 31.7 Å². The van der Waals surface area contributed by atoms with Crippen molar-refractivity contribution >= 4 is 10.0 Å². The van der Waals surface area contributed by atoms with E-state index in [9.17, 15) is 8.42 Å². The van der Waals surface area contributed by atoms with E-state index in [1.807, 2.05) is 37.3 Å². The van der Waals surface area contributed by atoms with Gasteiger partial charge in [0.05, 0.1) is 5.75 Å². The Morgan fingerprint density at radius 3 is 2.59 bits per heavy atom. The van der Waals surface area contributed by atoms with Crippen LogP contribution in [0.4, 0.5) is 0 Å². The third-order valence-corrected chi connectivity index (χ3v) is 5.25. The second kappa shape index (κ2) is 5.19. The van der Waals surface area contributed by atoms with Crippen molar-refractivity contribution in [2.75, 3.05) is 6.54 Å². The highest BCUT2D eigenvalue weighted by molar-refractivity contribution is 7.88. The molecule has 1 aromatic rings. The molecule has 2 rings (SSSR count). The molecule has 0 radical (unpaired) electrons. The van der Waals surface area contributed by atoms with Crippen molar-refractivity contribution in [3.63, 3.8) is 0 Å². The number of nitrogens with zero attached hydrogens (tertiary/aromatic N) is 1. The summed E-state index contributed by atoms with van der Waals surface area (Å²) in [6, 6.07) is 9.55. The van der Waals surface area contributed by atoms with Gasteiger partial charge in [0.15, 0.2) is 0 Å². The molecule has 0 aromatic heterocycles. The maximum absolute atomic E-state index is 12.3. The molecule has 0 aliphatic carbocycles. The van der Waals surface area contributed by atoms with E-state index in [0.29, 0.717) is 6.54 Å². The molecule has 0 spiro atoms. The Balaban J connectivity index is 2.13. The zero-order chi connectivity index (χ0) is 12.3. The predicted octanol–water partition coefficient (Wildman–Crippen LogP) is 2.39. The largest absolute Gasteiger partial charge is 0.218 e. The first-order chi connectivity index (χ1) is 8.09. The van der Waals surface area contributed by atoms with Crippen molar-refractivity contribution in [1.82, 2.24) is 4.31 Å². The van der Waals surface area contributed by atoms with Crippen LogP contribution in [0.5, 0.6) is 0 Å². The normalized spacial score (nSPS) is 22.5. The van der Waals surface area contributed by atoms with E-state index in [2.05, 4.69) is 0 Å². The average molecular weight is 253 g/mol. The van der Waals surface area contributed by atoms with Gasteiger partial charge in [0.25, 0.3) is 0 Å². The van der Waals surface area contributed by atoms with Gasteiger partial charge < -0.3 is 0 Å². The minimum atomic E-state index is -3.15. The smallest absolute Gasteiger partial charge is 0.212 e. The van der Waals surface area contributed by atoms with E-state index in [4.69, 9.17) is 0 Å². The summed E-state index contributed by atoms with van der Waals surface area (Å²) < 4.78 is 26.3. The summed E-state index contributed by atoms with van der Waals surface area (Å²) in [6.07, 6.45) is 3.10. The molecule has 1 aromatic carbocycles. The summed E-state index contributed by atoms with van der Waals surface area (Å²) in [5.74, 6) is 0.123. The molecule has 1 heterocycles. The van der Waals surface area contributed by atoms with E-state index >= 15 is 0 Å². The summed E-state index contributed by atoms with van der Waals surface area (Å²) in [7, 11) is -3.15. The highest BCUT2D eigenvalue weighted by atomic mass is 32.2. The standard InChI is InChI=1S/C13H19NO2S/c1-12-7-5-6-10-14(12)17(15,16)11-13-8-3-2-4-9-13/h2-4,8-9,12H,5-7,10-11H2,1H3/t12-/m0/s1. The van der Waals surface area contributed by atoms with Crippen molar-refractivity contribution in [3.8, 4) is 0 Å². The van der Waals surface area contributed by atoms with Crippen LogP contribution >= 0.6 is 0 Å². The maximum Gasteiger partial charge on any atom is 0.218 e. The summed E-state index contributed by atoms with van der Waals surface area (Å²) >= 11 is 0. The zero-order valence-corrected chi connectivity index (χ0v) is 11.0. The fraction of sp³-hybridized carbons (Fsp3) is 0.538. The van der Waals surface area contributed by atoms with Gasteiger partial charge in [0.1, 0.15) is 0 Å². The van der Waals surface area contributed by atoms with Gasteiger partial charge in [0.2, 0.25) is 10.0 Å². The lowest BCUT2D eigenvalue weighted by Crippen LogP contribution is -2.42. The number of hydrogen-bond donors (Lipinski definition) is 0. The van der Waals surface area contributed by atoms with Crippen LogP contribution in [-0.4, -0.2) is 25.3 Å². The van der Waals surface area contributed by atoms with Crippen LogP contribution in [0.2, 0.25) is 0 Å². The van der Waals surface area contributed by atoms with E-state index in [0.717, 1.165) is 24.8 Å². The van der Waals surface area contributed by atoms with Gasteiger partial charge in [-0.2, -0.15) is 4.31 Å². The highest BCUT2D eigenvalue weighted by Crippen LogP contribution is 2.22. The molecule has 1 fully saturated rings. The molecule has 94 valence electrons. The minimum absolute atomic E-state index is 0.123. The van der Waals surface area contributed by atoms with Gasteiger partial charge in [-0.15, -0.1) is 0 Å². The Bertz CT molecular complexity index is 456. The lowest BCUT2D eigenvalue weighted by atomic mass is 10.1. The summed E-state index contributed by atoms with van der Waals surface area (Å²) in [5.41, 5.74) is 0.866. The number of benzene rings is 1. The van der Waals surface area contributed by atoms with Crippen molar-refractivity contribution in [1.29, 1.82) is 0 Å². The molecule has 1 aliphatic rings. The van der Waals surface area contributed by atoms with Gasteiger partial charge in [0, 0.05) is 12.6 Å². The minimum Gasteiger partial charge on any atom is -0.212 e. The second-order valence-corrected chi connectivity index (χ2v) is 6.62. The lowest BCUT2D eigenvalue weighted by molar-refractivity contribution is 0.268. The number of piperidine rings is 1. The Morgan fingerprint density at radius 2 is 1.94 bits per heavy atom. The fourth-order valence-corrected chi connectivity index (χ4v) is 4.19. The van der Waals surface area contributed by atoms with Crippen molar-refractivity contribution < 1.29 is 8.42 Å². The van der Waals surface area contributed by atoms with Crippen molar-refractivity contribution in [2.24, 2.45) is 0 Å². The molecule has 3 nitrogen and oxygen atoms in total. The van der Waals surface area contributed by atoms with Gasteiger partial charge in [-0.3, -0.25) is 0 Å². The van der Waals surface area contributed by atoms with Crippen LogP contribution in [0.3, 0.4) is 0 Å². The Labute approximate surface area is 104 Å². The molecular formula is C13H19NO2S. The average Bonchev–Trinajstić information content (AvgIpc) is 2.30. The Morgan fingerprint density at radius 1 is 1.24 bits per heavy atom. The van der Waals surface area contributed by atoms with Crippen LogP contribution in [-0.2, 0) is 15.8 Å². The van der Waals surface area contributed by atoms with E-state index < -0.39 is 10.0 Å².